The molecule has 1 aromatic heterocycles. The molecule has 0 aliphatic carbocycles. The number of nitrogens with zero attached hydrogens (tertiary/aromatic N) is 1. The molecule has 38 heavy (non-hydrogen) atoms. The molecule has 0 saturated heterocycles. The molecule has 0 bridgehead atoms. The van der Waals surface area contributed by atoms with Gasteiger partial charge in [0.05, 0.1) is 19.0 Å². The maximum Gasteiger partial charge on any atom is 0.323 e. The summed E-state index contributed by atoms with van der Waals surface area (Å²) in [6.45, 7) is -0.131. The molecular formula is C27H25N5O6. The summed E-state index contributed by atoms with van der Waals surface area (Å²) < 4.78 is 5.11. The minimum atomic E-state index is -1.08. The van der Waals surface area contributed by atoms with Crippen molar-refractivity contribution in [3.63, 3.8) is 0 Å². The van der Waals surface area contributed by atoms with Crippen LogP contribution in [0.15, 0.2) is 83.5 Å². The quantitative estimate of drug-likeness (QED) is 0.216. The zero-order valence-corrected chi connectivity index (χ0v) is 20.1. The highest BCUT2D eigenvalue weighted by molar-refractivity contribution is 5.95. The number of aliphatic carboxylic acids is 1. The van der Waals surface area contributed by atoms with Gasteiger partial charge in [-0.05, 0) is 28.0 Å². The highest BCUT2D eigenvalue weighted by atomic mass is 16.4. The van der Waals surface area contributed by atoms with Crippen LogP contribution in [0, 0.1) is 0 Å². The van der Waals surface area contributed by atoms with Crippen LogP contribution in [-0.2, 0) is 16.1 Å². The van der Waals surface area contributed by atoms with Crippen molar-refractivity contribution in [3.05, 3.63) is 95.9 Å². The van der Waals surface area contributed by atoms with E-state index >= 15 is 0 Å². The van der Waals surface area contributed by atoms with Gasteiger partial charge in [-0.2, -0.15) is 4.98 Å². The monoisotopic (exact) mass is 515 g/mol. The Bertz CT molecular complexity index is 1450. The van der Waals surface area contributed by atoms with E-state index in [0.717, 1.165) is 22.6 Å². The predicted molar refractivity (Wildman–Crippen MR) is 138 cm³/mol. The maximum atomic E-state index is 12.5. The number of rotatable bonds is 10. The number of carboxylic acid groups (broad SMARTS) is 1. The summed E-state index contributed by atoms with van der Waals surface area (Å²) in [5.41, 5.74) is 1.39. The Morgan fingerprint density at radius 1 is 0.895 bits per heavy atom. The van der Waals surface area contributed by atoms with Gasteiger partial charge in [0.2, 0.25) is 5.91 Å². The van der Waals surface area contributed by atoms with Crippen molar-refractivity contribution in [3.8, 4) is 0 Å². The van der Waals surface area contributed by atoms with Gasteiger partial charge in [-0.3, -0.25) is 19.7 Å². The average molecular weight is 516 g/mol. The number of fused-ring (bicyclic) bond motifs is 1. The molecule has 1 heterocycles. The maximum absolute atomic E-state index is 12.5. The Labute approximate surface area is 217 Å². The van der Waals surface area contributed by atoms with E-state index in [1.807, 2.05) is 66.7 Å². The average Bonchev–Trinajstić information content (AvgIpc) is 3.38. The molecule has 194 valence electrons. The van der Waals surface area contributed by atoms with Crippen LogP contribution < -0.4 is 21.3 Å². The van der Waals surface area contributed by atoms with Crippen LogP contribution in [-0.4, -0.2) is 40.5 Å². The molecule has 5 N–H and O–H groups in total. The highest BCUT2D eigenvalue weighted by Crippen LogP contribution is 2.22. The Balaban J connectivity index is 1.29. The normalized spacial score (nSPS) is 11.4. The Hall–Kier alpha value is -5.19. The first-order chi connectivity index (χ1) is 18.4. The molecule has 0 spiro atoms. The molecular weight excluding hydrogens is 490 g/mol. The minimum Gasteiger partial charge on any atom is -0.481 e. The number of hydrogen-bond acceptors (Lipinski definition) is 6. The van der Waals surface area contributed by atoms with Crippen LogP contribution in [0.5, 0.6) is 0 Å². The van der Waals surface area contributed by atoms with Gasteiger partial charge in [0.15, 0.2) is 5.69 Å². The van der Waals surface area contributed by atoms with Gasteiger partial charge in [0.25, 0.3) is 5.91 Å². The highest BCUT2D eigenvalue weighted by Gasteiger charge is 2.20. The number of benzene rings is 3. The van der Waals surface area contributed by atoms with Crippen molar-refractivity contribution < 1.29 is 28.7 Å². The van der Waals surface area contributed by atoms with Gasteiger partial charge in [-0.1, -0.05) is 66.7 Å². The van der Waals surface area contributed by atoms with Crippen LogP contribution in [0.25, 0.3) is 10.8 Å². The van der Waals surface area contributed by atoms with Crippen LogP contribution >= 0.6 is 0 Å². The molecule has 0 radical (unpaired) electrons. The molecule has 0 fully saturated rings. The van der Waals surface area contributed by atoms with Crippen LogP contribution in [0.4, 0.5) is 10.8 Å². The largest absolute Gasteiger partial charge is 0.481 e. The molecule has 1 atom stereocenters. The number of carbonyl (C=O) groups is 4. The second-order valence-corrected chi connectivity index (χ2v) is 8.34. The number of hydrogen-bond donors (Lipinski definition) is 5. The van der Waals surface area contributed by atoms with E-state index in [4.69, 9.17) is 4.42 Å². The fourth-order valence-corrected chi connectivity index (χ4v) is 3.70. The summed E-state index contributed by atoms with van der Waals surface area (Å²) in [6, 6.07) is 20.8. The summed E-state index contributed by atoms with van der Waals surface area (Å²) in [6.07, 6.45) is 0.713. The summed E-state index contributed by atoms with van der Waals surface area (Å²) in [5, 5.41) is 21.3. The lowest BCUT2D eigenvalue weighted by Gasteiger charge is -2.18. The van der Waals surface area contributed by atoms with Gasteiger partial charge in [-0.25, -0.2) is 4.79 Å². The number of amides is 4. The zero-order valence-electron chi connectivity index (χ0n) is 20.1. The molecule has 11 heteroatoms. The molecule has 11 nitrogen and oxygen atoms in total. The SMILES string of the molecule is O=C(O)CC(NC(=O)CNC(=O)c1coc(NC(=O)NCc2ccccc2)n1)c1ccc2ccccc2c1. The summed E-state index contributed by atoms with van der Waals surface area (Å²) in [4.78, 5) is 52.2. The number of oxazole rings is 1. The fraction of sp³-hybridized carbons (Fsp3) is 0.148. The van der Waals surface area contributed by atoms with E-state index in [1.165, 1.54) is 0 Å². The molecule has 4 amide bonds. The van der Waals surface area contributed by atoms with Crippen LogP contribution in [0.3, 0.4) is 0 Å². The molecule has 1 unspecified atom stereocenters. The Morgan fingerprint density at radius 3 is 2.39 bits per heavy atom. The number of carboxylic acids is 1. The second kappa shape index (κ2) is 12.2. The van der Waals surface area contributed by atoms with Crippen molar-refractivity contribution in [2.45, 2.75) is 19.0 Å². The third-order valence-electron chi connectivity index (χ3n) is 5.55. The first-order valence-corrected chi connectivity index (χ1v) is 11.7. The van der Waals surface area contributed by atoms with Crippen LogP contribution in [0.1, 0.15) is 34.1 Å². The third-order valence-corrected chi connectivity index (χ3v) is 5.55. The van der Waals surface area contributed by atoms with Gasteiger partial charge < -0.3 is 25.5 Å². The van der Waals surface area contributed by atoms with Crippen molar-refractivity contribution in [1.29, 1.82) is 0 Å². The molecule has 3 aromatic carbocycles. The lowest BCUT2D eigenvalue weighted by atomic mass is 9.99. The summed E-state index contributed by atoms with van der Waals surface area (Å²) >= 11 is 0. The Morgan fingerprint density at radius 2 is 1.63 bits per heavy atom. The smallest absolute Gasteiger partial charge is 0.323 e. The summed E-state index contributed by atoms with van der Waals surface area (Å²) in [7, 11) is 0. The van der Waals surface area contributed by atoms with Crippen molar-refractivity contribution in [2.24, 2.45) is 0 Å². The number of aromatic nitrogens is 1. The van der Waals surface area contributed by atoms with Crippen molar-refractivity contribution in [1.82, 2.24) is 20.9 Å². The number of carbonyl (C=O) groups excluding carboxylic acids is 3. The molecule has 0 aliphatic rings. The number of urea groups is 1. The lowest BCUT2D eigenvalue weighted by molar-refractivity contribution is -0.137. The number of nitrogens with one attached hydrogen (secondary N) is 4. The summed E-state index contributed by atoms with van der Waals surface area (Å²) in [5.74, 6) is -2.37. The lowest BCUT2D eigenvalue weighted by Crippen LogP contribution is -2.39. The van der Waals surface area contributed by atoms with Gasteiger partial charge >= 0.3 is 18.0 Å². The van der Waals surface area contributed by atoms with E-state index in [9.17, 15) is 24.3 Å². The first kappa shape index (κ1) is 25.9. The Kier molecular flexibility index (Phi) is 8.29. The fourth-order valence-electron chi connectivity index (χ4n) is 3.70. The van der Waals surface area contributed by atoms with Crippen molar-refractivity contribution >= 4 is 40.6 Å². The predicted octanol–water partition coefficient (Wildman–Crippen LogP) is 3.21. The van der Waals surface area contributed by atoms with Gasteiger partial charge in [0.1, 0.15) is 6.26 Å². The standard InChI is InChI=1S/C27H25N5O6/c33-23(30-21(13-24(34)35)20-11-10-18-8-4-5-9-19(18)12-20)15-28-25(36)22-16-38-27(31-22)32-26(37)29-14-17-6-2-1-3-7-17/h1-12,16,21H,13-15H2,(H,28,36)(H,30,33)(H,34,35)(H2,29,31,32,37). The molecule has 0 aliphatic heterocycles. The van der Waals surface area contributed by atoms with E-state index in [-0.39, 0.29) is 24.7 Å². The van der Waals surface area contributed by atoms with E-state index in [0.29, 0.717) is 5.56 Å². The number of anilines is 1. The van der Waals surface area contributed by atoms with Crippen LogP contribution in [0.2, 0.25) is 0 Å². The molecule has 4 aromatic rings. The minimum absolute atomic E-state index is 0.146. The second-order valence-electron chi connectivity index (χ2n) is 8.34. The van der Waals surface area contributed by atoms with Gasteiger partial charge in [0, 0.05) is 6.54 Å². The van der Waals surface area contributed by atoms with E-state index in [2.05, 4.69) is 26.3 Å². The van der Waals surface area contributed by atoms with E-state index < -0.39 is 36.4 Å². The topological polar surface area (TPSA) is 163 Å². The molecule has 0 saturated carbocycles. The third kappa shape index (κ3) is 7.17. The zero-order chi connectivity index (χ0) is 26.9. The van der Waals surface area contributed by atoms with Gasteiger partial charge in [-0.15, -0.1) is 0 Å². The van der Waals surface area contributed by atoms with Crippen molar-refractivity contribution in [2.75, 3.05) is 11.9 Å². The van der Waals surface area contributed by atoms with E-state index in [1.54, 1.807) is 6.07 Å². The first-order valence-electron chi connectivity index (χ1n) is 11.7. The molecule has 4 rings (SSSR count).